The summed E-state index contributed by atoms with van der Waals surface area (Å²) < 4.78 is 1.80. The van der Waals surface area contributed by atoms with Gasteiger partial charge in [0.15, 0.2) is 11.0 Å². The molecule has 2 aromatic rings. The van der Waals surface area contributed by atoms with Crippen molar-refractivity contribution in [2.45, 2.75) is 37.6 Å². The maximum absolute atomic E-state index is 10.7. The number of thioether (sulfide) groups is 1. The first-order chi connectivity index (χ1) is 9.94. The molecule has 0 aliphatic carbocycles. The third kappa shape index (κ3) is 3.84. The summed E-state index contributed by atoms with van der Waals surface area (Å²) in [7, 11) is 0. The van der Waals surface area contributed by atoms with Gasteiger partial charge in [-0.15, -0.1) is 21.5 Å². The molecule has 2 heterocycles. The van der Waals surface area contributed by atoms with Crippen LogP contribution in [0.2, 0.25) is 0 Å². The van der Waals surface area contributed by atoms with Gasteiger partial charge >= 0.3 is 5.97 Å². The van der Waals surface area contributed by atoms with E-state index in [9.17, 15) is 9.90 Å². The second-order valence-corrected chi connectivity index (χ2v) is 7.08. The van der Waals surface area contributed by atoms with Gasteiger partial charge in [-0.1, -0.05) is 31.7 Å². The smallest absolute Gasteiger partial charge is 0.313 e. The maximum atomic E-state index is 10.7. The molecule has 0 aromatic carbocycles. The summed E-state index contributed by atoms with van der Waals surface area (Å²) in [4.78, 5) is 11.9. The van der Waals surface area contributed by atoms with Crippen LogP contribution in [0, 0.1) is 0 Å². The minimum absolute atomic E-state index is 0.0804. The fraction of sp³-hybridized carbons (Fsp3) is 0.462. The zero-order valence-corrected chi connectivity index (χ0v) is 13.4. The van der Waals surface area contributed by atoms with Gasteiger partial charge in [0.25, 0.3) is 0 Å². The van der Waals surface area contributed by atoms with Crippen molar-refractivity contribution in [2.24, 2.45) is 0 Å². The van der Waals surface area contributed by atoms with Crippen molar-refractivity contribution >= 4 is 29.1 Å². The number of carboxylic acid groups (broad SMARTS) is 1. The second-order valence-electron chi connectivity index (χ2n) is 5.19. The molecule has 2 aromatic heterocycles. The molecule has 0 unspecified atom stereocenters. The van der Waals surface area contributed by atoms with E-state index in [4.69, 9.17) is 5.11 Å². The summed E-state index contributed by atoms with van der Waals surface area (Å²) in [6.45, 7) is 4.57. The first-order valence-electron chi connectivity index (χ1n) is 6.35. The van der Waals surface area contributed by atoms with E-state index in [-0.39, 0.29) is 17.8 Å². The van der Waals surface area contributed by atoms with Crippen molar-refractivity contribution in [1.82, 2.24) is 14.8 Å². The standard InChI is InChI=1S/C13H17N3O3S2/c1-13(2,9-4-3-5-20-9)8-16-10(6-17)14-15-12(16)21-7-11(18)19/h3-5,17H,6-8H2,1-2H3,(H,18,19). The molecule has 6 nitrogen and oxygen atoms in total. The summed E-state index contributed by atoms with van der Waals surface area (Å²) in [6.07, 6.45) is 0. The van der Waals surface area contributed by atoms with E-state index < -0.39 is 5.97 Å². The number of rotatable bonds is 7. The van der Waals surface area contributed by atoms with Gasteiger partial charge in [0.05, 0.1) is 5.75 Å². The van der Waals surface area contributed by atoms with Crippen LogP contribution < -0.4 is 0 Å². The Morgan fingerprint density at radius 2 is 2.24 bits per heavy atom. The van der Waals surface area contributed by atoms with Crippen LogP contribution >= 0.6 is 23.1 Å². The molecule has 21 heavy (non-hydrogen) atoms. The van der Waals surface area contributed by atoms with Crippen LogP contribution in [0.4, 0.5) is 0 Å². The Hall–Kier alpha value is -1.38. The van der Waals surface area contributed by atoms with Crippen LogP contribution in [-0.2, 0) is 23.4 Å². The van der Waals surface area contributed by atoms with Crippen LogP contribution in [-0.4, -0.2) is 36.7 Å². The van der Waals surface area contributed by atoms with Crippen molar-refractivity contribution in [3.05, 3.63) is 28.2 Å². The van der Waals surface area contributed by atoms with Crippen LogP contribution in [0.5, 0.6) is 0 Å². The second kappa shape index (κ2) is 6.59. The molecule has 0 bridgehead atoms. The molecular formula is C13H17N3O3S2. The van der Waals surface area contributed by atoms with Gasteiger partial charge in [0.2, 0.25) is 0 Å². The molecule has 0 amide bonds. The van der Waals surface area contributed by atoms with Crippen LogP contribution in [0.1, 0.15) is 24.5 Å². The predicted molar refractivity (Wildman–Crippen MR) is 81.6 cm³/mol. The largest absolute Gasteiger partial charge is 0.481 e. The Morgan fingerprint density at radius 1 is 1.48 bits per heavy atom. The number of aliphatic hydroxyl groups is 1. The summed E-state index contributed by atoms with van der Waals surface area (Å²) in [5.41, 5.74) is -0.154. The molecule has 0 saturated heterocycles. The van der Waals surface area contributed by atoms with E-state index in [1.807, 2.05) is 11.4 Å². The van der Waals surface area contributed by atoms with Crippen LogP contribution in [0.15, 0.2) is 22.7 Å². The molecule has 2 rings (SSSR count). The van der Waals surface area contributed by atoms with E-state index >= 15 is 0 Å². The highest BCUT2D eigenvalue weighted by molar-refractivity contribution is 7.99. The number of aliphatic carboxylic acids is 1. The number of aromatic nitrogens is 3. The molecule has 0 saturated carbocycles. The Morgan fingerprint density at radius 3 is 2.81 bits per heavy atom. The molecule has 114 valence electrons. The van der Waals surface area contributed by atoms with Gasteiger partial charge in [-0.25, -0.2) is 0 Å². The molecule has 0 atom stereocenters. The monoisotopic (exact) mass is 327 g/mol. The number of thiophene rings is 1. The lowest BCUT2D eigenvalue weighted by molar-refractivity contribution is -0.133. The molecule has 0 aliphatic rings. The Balaban J connectivity index is 2.25. The zero-order valence-electron chi connectivity index (χ0n) is 11.8. The van der Waals surface area contributed by atoms with E-state index in [0.29, 0.717) is 17.5 Å². The van der Waals surface area contributed by atoms with Gasteiger partial charge in [-0.05, 0) is 11.4 Å². The molecule has 0 fully saturated rings. The summed E-state index contributed by atoms with van der Waals surface area (Å²) in [5.74, 6) is -0.534. The molecule has 0 radical (unpaired) electrons. The zero-order chi connectivity index (χ0) is 15.5. The Kier molecular flexibility index (Phi) is 5.02. The van der Waals surface area contributed by atoms with Gasteiger partial charge in [-0.2, -0.15) is 0 Å². The SMILES string of the molecule is CC(C)(Cn1c(CO)nnc1SCC(=O)O)c1cccs1. The lowest BCUT2D eigenvalue weighted by atomic mass is 9.91. The third-order valence-electron chi connectivity index (χ3n) is 3.00. The fourth-order valence-electron chi connectivity index (χ4n) is 1.96. The van der Waals surface area contributed by atoms with Gasteiger partial charge in [0.1, 0.15) is 6.61 Å². The molecule has 0 spiro atoms. The van der Waals surface area contributed by atoms with E-state index in [1.165, 1.54) is 4.88 Å². The quantitative estimate of drug-likeness (QED) is 0.756. The lowest BCUT2D eigenvalue weighted by Crippen LogP contribution is -2.25. The number of carboxylic acids is 1. The highest BCUT2D eigenvalue weighted by Crippen LogP contribution is 2.31. The van der Waals surface area contributed by atoms with Gasteiger partial charge in [0, 0.05) is 16.8 Å². The highest BCUT2D eigenvalue weighted by atomic mass is 32.2. The maximum Gasteiger partial charge on any atom is 0.313 e. The first-order valence-corrected chi connectivity index (χ1v) is 8.22. The van der Waals surface area contributed by atoms with Crippen LogP contribution in [0.3, 0.4) is 0 Å². The van der Waals surface area contributed by atoms with Crippen molar-refractivity contribution < 1.29 is 15.0 Å². The fourth-order valence-corrected chi connectivity index (χ4v) is 3.49. The van der Waals surface area contributed by atoms with E-state index in [0.717, 1.165) is 11.8 Å². The van der Waals surface area contributed by atoms with Crippen molar-refractivity contribution in [3.63, 3.8) is 0 Å². The van der Waals surface area contributed by atoms with Crippen molar-refractivity contribution in [3.8, 4) is 0 Å². The average Bonchev–Trinajstić information content (AvgIpc) is 3.05. The minimum Gasteiger partial charge on any atom is -0.481 e. The number of aliphatic hydroxyl groups excluding tert-OH is 1. The summed E-state index contributed by atoms with van der Waals surface area (Å²) in [5, 5.41) is 28.6. The third-order valence-corrected chi connectivity index (χ3v) is 5.19. The Labute approximate surface area is 130 Å². The van der Waals surface area contributed by atoms with E-state index in [1.54, 1.807) is 15.9 Å². The molecule has 8 heteroatoms. The first kappa shape index (κ1) is 16.0. The van der Waals surface area contributed by atoms with Crippen molar-refractivity contribution in [2.75, 3.05) is 5.75 Å². The van der Waals surface area contributed by atoms with Gasteiger partial charge < -0.3 is 14.8 Å². The minimum atomic E-state index is -0.905. The number of hydrogen-bond donors (Lipinski definition) is 2. The topological polar surface area (TPSA) is 88.2 Å². The molecule has 0 aliphatic heterocycles. The number of nitrogens with zero attached hydrogens (tertiary/aromatic N) is 3. The predicted octanol–water partition coefficient (Wildman–Crippen LogP) is 1.99. The number of carbonyl (C=O) groups is 1. The van der Waals surface area contributed by atoms with Crippen LogP contribution in [0.25, 0.3) is 0 Å². The summed E-state index contributed by atoms with van der Waals surface area (Å²) >= 11 is 2.78. The lowest BCUT2D eigenvalue weighted by Gasteiger charge is -2.25. The number of hydrogen-bond acceptors (Lipinski definition) is 6. The molecular weight excluding hydrogens is 310 g/mol. The van der Waals surface area contributed by atoms with E-state index in [2.05, 4.69) is 30.1 Å². The van der Waals surface area contributed by atoms with Crippen molar-refractivity contribution in [1.29, 1.82) is 0 Å². The normalized spacial score (nSPS) is 11.8. The highest BCUT2D eigenvalue weighted by Gasteiger charge is 2.26. The molecule has 2 N–H and O–H groups in total. The van der Waals surface area contributed by atoms with Gasteiger partial charge in [-0.3, -0.25) is 4.79 Å². The summed E-state index contributed by atoms with van der Waals surface area (Å²) in [6, 6.07) is 4.07. The average molecular weight is 327 g/mol. The Bertz CT molecular complexity index is 608.